The Bertz CT molecular complexity index is 280. The molecule has 2 unspecified atom stereocenters. The van der Waals surface area contributed by atoms with Gasteiger partial charge >= 0.3 is 0 Å². The molecule has 4 nitrogen and oxygen atoms in total. The molecule has 0 bridgehead atoms. The maximum absolute atomic E-state index is 10.2. The van der Waals surface area contributed by atoms with Gasteiger partial charge < -0.3 is 19.8 Å². The Morgan fingerprint density at radius 3 is 0.636 bits per heavy atom. The fourth-order valence-corrected chi connectivity index (χ4v) is 10.6. The van der Waals surface area contributed by atoms with E-state index in [9.17, 15) is 9.59 Å². The first kappa shape index (κ1) is 44.2. The molecule has 0 saturated carbocycles. The fraction of sp³-hybridized carbons (Fsp3) is 1.00. The summed E-state index contributed by atoms with van der Waals surface area (Å²) in [6.07, 6.45) is 8.42. The summed E-state index contributed by atoms with van der Waals surface area (Å²) >= 11 is 0. The minimum Gasteiger partial charge on any atom is -0.432 e. The molecule has 4 N–H and O–H groups in total. The molecule has 0 aromatic carbocycles. The largest absolute Gasteiger partial charge is 0.432 e. The number of aliphatic hydroxyl groups excluding tert-OH is 2. The van der Waals surface area contributed by atoms with Crippen molar-refractivity contribution < 1.29 is 46.0 Å². The van der Waals surface area contributed by atoms with Crippen molar-refractivity contribution in [1.29, 1.82) is 0 Å². The summed E-state index contributed by atoms with van der Waals surface area (Å²) in [5.74, 6) is 0. The van der Waals surface area contributed by atoms with Crippen LogP contribution in [0.4, 0.5) is 0 Å². The molecular formula is C26H64O4Si2Zr. The molecule has 0 radical (unpaired) electrons. The zero-order chi connectivity index (χ0) is 26.1. The van der Waals surface area contributed by atoms with Crippen LogP contribution in [0.3, 0.4) is 0 Å². The van der Waals surface area contributed by atoms with Crippen LogP contribution in [0.25, 0.3) is 0 Å². The van der Waals surface area contributed by atoms with Crippen molar-refractivity contribution in [3.8, 4) is 0 Å². The molecule has 0 aromatic heterocycles. The summed E-state index contributed by atoms with van der Waals surface area (Å²) in [5, 5.41) is 16.7. The predicted molar refractivity (Wildman–Crippen MR) is 150 cm³/mol. The summed E-state index contributed by atoms with van der Waals surface area (Å²) in [4.78, 5) is 20.3. The Morgan fingerprint density at radius 2 is 0.576 bits per heavy atom. The van der Waals surface area contributed by atoms with E-state index in [1.165, 1.54) is 0 Å². The van der Waals surface area contributed by atoms with Crippen molar-refractivity contribution in [3.63, 3.8) is 0 Å². The van der Waals surface area contributed by atoms with Crippen LogP contribution in [0.5, 0.6) is 0 Å². The first-order valence-electron chi connectivity index (χ1n) is 13.7. The van der Waals surface area contributed by atoms with Crippen molar-refractivity contribution in [2.45, 2.75) is 169 Å². The molecule has 0 aliphatic rings. The fourth-order valence-electron chi connectivity index (χ4n) is 3.54. The summed E-state index contributed by atoms with van der Waals surface area (Å²) < 4.78 is 0. The smallest absolute Gasteiger partial charge is 0.188 e. The van der Waals surface area contributed by atoms with Gasteiger partial charge in [-0.25, -0.2) is 0 Å². The third-order valence-corrected chi connectivity index (χ3v) is 14.1. The summed E-state index contributed by atoms with van der Waals surface area (Å²) in [6, 6.07) is 6.64. The van der Waals surface area contributed by atoms with E-state index in [2.05, 4.69) is 41.5 Å². The van der Waals surface area contributed by atoms with Gasteiger partial charge in [0, 0.05) is 26.2 Å². The van der Waals surface area contributed by atoms with E-state index >= 15 is 0 Å². The second-order valence-electron chi connectivity index (χ2n) is 9.46. The minimum atomic E-state index is -1.75. The average molecular weight is 588 g/mol. The minimum absolute atomic E-state index is 0. The topological polar surface area (TPSA) is 80.9 Å². The molecule has 0 aromatic rings. The van der Waals surface area contributed by atoms with Gasteiger partial charge in [-0.3, -0.25) is 0 Å². The molecule has 0 saturated heterocycles. The molecule has 33 heavy (non-hydrogen) atoms. The molecule has 0 spiro atoms. The summed E-state index contributed by atoms with van der Waals surface area (Å²) in [7, 11) is -3.50. The van der Waals surface area contributed by atoms with Gasteiger partial charge in [0.05, 0.1) is 12.2 Å². The Labute approximate surface area is 230 Å². The predicted octanol–water partition coefficient (Wildman–Crippen LogP) is 7.86. The van der Waals surface area contributed by atoms with Crippen molar-refractivity contribution in [3.05, 3.63) is 0 Å². The Kier molecular flexibility index (Phi) is 41.7. The molecule has 0 rings (SSSR count). The van der Waals surface area contributed by atoms with Gasteiger partial charge in [-0.05, 0) is 63.0 Å². The normalized spacial score (nSPS) is 12.5. The van der Waals surface area contributed by atoms with Gasteiger partial charge in [0.15, 0.2) is 16.6 Å². The maximum atomic E-state index is 10.2. The SMILES string of the molecule is CCC(C)O.CCC(C)O.CCC[Si](O)(CCC)CCC.CCC[Si](O)(CCC)CCC.[Zr]. The molecule has 204 valence electrons. The van der Waals surface area contributed by atoms with Crippen molar-refractivity contribution in [2.75, 3.05) is 0 Å². The van der Waals surface area contributed by atoms with Crippen LogP contribution in [0.1, 0.15) is 121 Å². The second-order valence-corrected chi connectivity index (χ2v) is 17.4. The zero-order valence-corrected chi connectivity index (χ0v) is 28.8. The van der Waals surface area contributed by atoms with Gasteiger partial charge in [-0.1, -0.05) is 93.9 Å². The van der Waals surface area contributed by atoms with Crippen molar-refractivity contribution in [2.24, 2.45) is 0 Å². The first-order valence-corrected chi connectivity index (χ1v) is 18.9. The van der Waals surface area contributed by atoms with Crippen LogP contribution in [-0.4, -0.2) is 48.6 Å². The van der Waals surface area contributed by atoms with Crippen LogP contribution in [-0.2, 0) is 26.2 Å². The van der Waals surface area contributed by atoms with E-state index in [-0.39, 0.29) is 38.4 Å². The zero-order valence-electron chi connectivity index (χ0n) is 24.3. The molecular weight excluding hydrogens is 524 g/mol. The van der Waals surface area contributed by atoms with Crippen LogP contribution in [0.2, 0.25) is 36.3 Å². The maximum Gasteiger partial charge on any atom is 0.188 e. The molecule has 7 heteroatoms. The van der Waals surface area contributed by atoms with E-state index in [1.807, 2.05) is 13.8 Å². The van der Waals surface area contributed by atoms with E-state index in [0.717, 1.165) is 87.6 Å². The monoisotopic (exact) mass is 586 g/mol. The van der Waals surface area contributed by atoms with E-state index in [4.69, 9.17) is 10.2 Å². The molecule has 0 aliphatic carbocycles. The Balaban J connectivity index is -0.000000112. The third kappa shape index (κ3) is 37.9. The van der Waals surface area contributed by atoms with Crippen LogP contribution in [0, 0.1) is 0 Å². The second kappa shape index (κ2) is 31.2. The molecule has 2 atom stereocenters. The first-order chi connectivity index (χ1) is 14.9. The van der Waals surface area contributed by atoms with Crippen LogP contribution < -0.4 is 0 Å². The number of hydrogen-bond acceptors (Lipinski definition) is 4. The van der Waals surface area contributed by atoms with E-state index in [0.29, 0.717) is 0 Å². The van der Waals surface area contributed by atoms with E-state index < -0.39 is 16.6 Å². The summed E-state index contributed by atoms with van der Waals surface area (Å²) in [6.45, 7) is 20.5. The van der Waals surface area contributed by atoms with Crippen molar-refractivity contribution >= 4 is 16.6 Å². The van der Waals surface area contributed by atoms with Crippen LogP contribution in [0.15, 0.2) is 0 Å². The van der Waals surface area contributed by atoms with E-state index in [1.54, 1.807) is 13.8 Å². The average Bonchev–Trinajstić information content (AvgIpc) is 2.70. The Morgan fingerprint density at radius 1 is 0.455 bits per heavy atom. The van der Waals surface area contributed by atoms with Crippen LogP contribution >= 0.6 is 0 Å². The number of aliphatic hydroxyl groups is 2. The summed E-state index contributed by atoms with van der Waals surface area (Å²) in [5.41, 5.74) is 0. The quantitative estimate of drug-likeness (QED) is 0.156. The van der Waals surface area contributed by atoms with Gasteiger partial charge in [0.25, 0.3) is 0 Å². The van der Waals surface area contributed by atoms with Crippen molar-refractivity contribution in [1.82, 2.24) is 0 Å². The van der Waals surface area contributed by atoms with Gasteiger partial charge in [-0.2, -0.15) is 0 Å². The molecule has 0 heterocycles. The van der Waals surface area contributed by atoms with Gasteiger partial charge in [-0.15, -0.1) is 0 Å². The number of rotatable bonds is 14. The number of hydrogen-bond donors (Lipinski definition) is 4. The third-order valence-electron chi connectivity index (χ3n) is 5.47. The van der Waals surface area contributed by atoms with Gasteiger partial charge in [0.2, 0.25) is 0 Å². The molecule has 0 amide bonds. The molecule has 0 fully saturated rings. The standard InChI is InChI=1S/2C9H22OSi.2C4H10O.Zr/c2*1-4-7-11(10,8-5-2)9-6-3;2*1-3-4(2)5;/h2*10H,4-9H2,1-3H3;2*4-5H,3H2,1-2H3;. The van der Waals surface area contributed by atoms with Gasteiger partial charge in [0.1, 0.15) is 0 Å². The Hall–Kier alpha value is 1.16. The molecule has 0 aliphatic heterocycles.